The van der Waals surface area contributed by atoms with Crippen LogP contribution >= 0.6 is 0 Å². The molecule has 2 aliphatic heterocycles. The summed E-state index contributed by atoms with van der Waals surface area (Å²) in [5, 5.41) is 5.00. The molecule has 306 valence electrons. The molecule has 66 heavy (non-hydrogen) atoms. The molecule has 0 bridgehead atoms. The van der Waals surface area contributed by atoms with Crippen molar-refractivity contribution in [3.63, 3.8) is 0 Å². The minimum atomic E-state index is 0.0475. The molecular weight excluding hydrogens is 803 g/mol. The summed E-state index contributed by atoms with van der Waals surface area (Å²) in [6.07, 6.45) is 0.808. The number of rotatable bonds is 4. The third kappa shape index (κ3) is 5.00. The van der Waals surface area contributed by atoms with E-state index in [1.807, 2.05) is 0 Å². The maximum absolute atomic E-state index is 6.74. The molecule has 4 nitrogen and oxygen atoms in total. The Labute approximate surface area is 381 Å². The number of fused-ring (bicyclic) bond motifs is 13. The van der Waals surface area contributed by atoms with Crippen LogP contribution in [0.5, 0.6) is 23.0 Å². The molecule has 3 aliphatic rings. The molecule has 5 heteroatoms. The van der Waals surface area contributed by atoms with Crippen molar-refractivity contribution in [3.05, 3.63) is 223 Å². The quantitative estimate of drug-likeness (QED) is 0.165. The van der Waals surface area contributed by atoms with Crippen LogP contribution < -0.4 is 25.9 Å². The normalized spacial score (nSPS) is 13.0. The zero-order valence-electron chi connectivity index (χ0n) is 35.7. The molecule has 15 rings (SSSR count). The van der Waals surface area contributed by atoms with Crippen LogP contribution in [-0.2, 0) is 6.42 Å². The first-order valence-corrected chi connectivity index (χ1v) is 22.8. The van der Waals surface area contributed by atoms with Crippen molar-refractivity contribution in [1.82, 2.24) is 9.13 Å². The number of nitrogens with zero attached hydrogens (tertiary/aromatic N) is 2. The van der Waals surface area contributed by atoms with Gasteiger partial charge in [-0.1, -0.05) is 133 Å². The van der Waals surface area contributed by atoms with Gasteiger partial charge in [0, 0.05) is 39.1 Å². The Morgan fingerprint density at radius 2 is 0.864 bits per heavy atom. The van der Waals surface area contributed by atoms with Crippen molar-refractivity contribution in [2.45, 2.75) is 6.42 Å². The molecule has 0 amide bonds. The van der Waals surface area contributed by atoms with E-state index in [9.17, 15) is 0 Å². The van der Waals surface area contributed by atoms with Gasteiger partial charge in [-0.2, -0.15) is 0 Å². The summed E-state index contributed by atoms with van der Waals surface area (Å²) in [5.74, 6) is 3.52. The predicted octanol–water partition coefficient (Wildman–Crippen LogP) is 13.5. The minimum absolute atomic E-state index is 0.0475. The van der Waals surface area contributed by atoms with Crippen LogP contribution in [0.2, 0.25) is 0 Å². The molecule has 12 aromatic rings. The van der Waals surface area contributed by atoms with Gasteiger partial charge in [-0.05, 0) is 134 Å². The highest BCUT2D eigenvalue weighted by Crippen LogP contribution is 2.47. The number of ether oxygens (including phenoxy) is 2. The fraction of sp³-hybridized carbons (Fsp3) is 0.0164. The Bertz CT molecular complexity index is 3980. The second-order valence-electron chi connectivity index (χ2n) is 17.9. The van der Waals surface area contributed by atoms with E-state index in [4.69, 9.17) is 9.47 Å². The van der Waals surface area contributed by atoms with Gasteiger partial charge >= 0.3 is 0 Å². The number of benzene rings is 10. The maximum atomic E-state index is 6.74. The second kappa shape index (κ2) is 13.5. The molecule has 2 aromatic heterocycles. The van der Waals surface area contributed by atoms with Crippen molar-refractivity contribution < 1.29 is 9.47 Å². The molecule has 0 spiro atoms. The van der Waals surface area contributed by atoms with Crippen molar-refractivity contribution in [3.8, 4) is 67.8 Å². The van der Waals surface area contributed by atoms with Gasteiger partial charge < -0.3 is 18.6 Å². The van der Waals surface area contributed by atoms with Gasteiger partial charge in [0.05, 0.1) is 27.8 Å². The van der Waals surface area contributed by atoms with E-state index < -0.39 is 0 Å². The molecule has 0 unspecified atom stereocenters. The van der Waals surface area contributed by atoms with Gasteiger partial charge in [-0.15, -0.1) is 0 Å². The van der Waals surface area contributed by atoms with Crippen molar-refractivity contribution in [2.24, 2.45) is 0 Å². The summed E-state index contributed by atoms with van der Waals surface area (Å²) in [7, 11) is 0. The highest BCUT2D eigenvalue weighted by molar-refractivity contribution is 6.98. The Kier molecular flexibility index (Phi) is 7.33. The Morgan fingerprint density at radius 1 is 0.348 bits per heavy atom. The fourth-order valence-electron chi connectivity index (χ4n) is 11.7. The monoisotopic (exact) mass is 840 g/mol. The summed E-state index contributed by atoms with van der Waals surface area (Å²) in [6, 6.07) is 77.2. The number of para-hydroxylation sites is 5. The fourth-order valence-corrected chi connectivity index (χ4v) is 11.7. The van der Waals surface area contributed by atoms with E-state index in [-0.39, 0.29) is 6.71 Å². The van der Waals surface area contributed by atoms with Crippen LogP contribution in [-0.4, -0.2) is 15.8 Å². The van der Waals surface area contributed by atoms with Crippen molar-refractivity contribution in [1.29, 1.82) is 0 Å². The van der Waals surface area contributed by atoms with Gasteiger partial charge in [0.15, 0.2) is 0 Å². The van der Waals surface area contributed by atoms with Gasteiger partial charge in [-0.3, -0.25) is 0 Å². The van der Waals surface area contributed by atoms with Gasteiger partial charge in [0.25, 0.3) is 6.71 Å². The zero-order valence-corrected chi connectivity index (χ0v) is 35.7. The molecule has 1 aliphatic carbocycles. The summed E-state index contributed by atoms with van der Waals surface area (Å²) in [4.78, 5) is 0. The third-order valence-electron chi connectivity index (χ3n) is 14.5. The van der Waals surface area contributed by atoms with E-state index in [0.717, 1.165) is 40.4 Å². The Morgan fingerprint density at radius 3 is 1.53 bits per heavy atom. The average Bonchev–Trinajstić information content (AvgIpc) is 4.04. The van der Waals surface area contributed by atoms with Crippen LogP contribution in [0.3, 0.4) is 0 Å². The lowest BCUT2D eigenvalue weighted by Crippen LogP contribution is -2.57. The maximum Gasteiger partial charge on any atom is 0.260 e. The van der Waals surface area contributed by atoms with Crippen LogP contribution in [0.25, 0.3) is 88.4 Å². The molecule has 0 radical (unpaired) electrons. The SMILES string of the molecule is c1ccc(-n2c3ccccc3c3cc(-c4ccc5c(c4)c4ccccc4n5-c4cccc5c4Cc4c(-c6cc7c8c(c6)Oc6ccccc6B8c6ccccc6O7)cccc4-5)ccc32)cc1. The standard InChI is InChI=1S/C61H37BN2O2/c1-2-14-40(15-3-1)63-52-23-8-4-16-44(52)47-32-37(28-30-55(47)63)38-29-31-56-48(33-38)45-17-5-9-24-53(45)64(56)54-25-13-20-43-42-19-12-18-41(46(42)36-49(43)54)39-34-59-61-60(35-39)66-58-27-11-7-22-51(58)62(61)50-21-6-10-26-57(50)65-59/h1-35H,36H2. The van der Waals surface area contributed by atoms with E-state index in [0.29, 0.717) is 0 Å². The van der Waals surface area contributed by atoms with Crippen LogP contribution in [0.1, 0.15) is 11.1 Å². The lowest BCUT2D eigenvalue weighted by Gasteiger charge is -2.33. The third-order valence-corrected chi connectivity index (χ3v) is 14.5. The first kappa shape index (κ1) is 35.9. The summed E-state index contributed by atoms with van der Waals surface area (Å²) >= 11 is 0. The lowest BCUT2D eigenvalue weighted by molar-refractivity contribution is 0.465. The smallest absolute Gasteiger partial charge is 0.260 e. The van der Waals surface area contributed by atoms with Crippen molar-refractivity contribution in [2.75, 3.05) is 0 Å². The van der Waals surface area contributed by atoms with Gasteiger partial charge in [0.1, 0.15) is 23.0 Å². The van der Waals surface area contributed by atoms with E-state index in [1.54, 1.807) is 0 Å². The molecule has 4 heterocycles. The first-order valence-electron chi connectivity index (χ1n) is 22.8. The average molecular weight is 841 g/mol. The molecule has 0 saturated carbocycles. The van der Waals surface area contributed by atoms with Crippen molar-refractivity contribution >= 4 is 66.7 Å². The zero-order chi connectivity index (χ0) is 43.0. The van der Waals surface area contributed by atoms with E-state index in [2.05, 4.69) is 221 Å². The summed E-state index contributed by atoms with van der Waals surface area (Å²) in [6.45, 7) is 0.0475. The second-order valence-corrected chi connectivity index (χ2v) is 17.9. The van der Waals surface area contributed by atoms with Crippen LogP contribution in [0, 0.1) is 0 Å². The van der Waals surface area contributed by atoms with E-state index in [1.165, 1.54) is 105 Å². The lowest BCUT2D eigenvalue weighted by atomic mass is 9.35. The van der Waals surface area contributed by atoms with Gasteiger partial charge in [0.2, 0.25) is 0 Å². The minimum Gasteiger partial charge on any atom is -0.458 e. The Balaban J connectivity index is 0.848. The summed E-state index contributed by atoms with van der Waals surface area (Å²) < 4.78 is 18.4. The largest absolute Gasteiger partial charge is 0.458 e. The number of hydrogen-bond donors (Lipinski definition) is 0. The number of hydrogen-bond acceptors (Lipinski definition) is 2. The van der Waals surface area contributed by atoms with E-state index >= 15 is 0 Å². The number of aromatic nitrogens is 2. The summed E-state index contributed by atoms with van der Waals surface area (Å²) in [5.41, 5.74) is 20.6. The molecule has 10 aromatic carbocycles. The molecule has 0 saturated heterocycles. The predicted molar refractivity (Wildman–Crippen MR) is 272 cm³/mol. The van der Waals surface area contributed by atoms with Gasteiger partial charge in [-0.25, -0.2) is 0 Å². The molecule has 0 fully saturated rings. The van der Waals surface area contributed by atoms with Crippen LogP contribution in [0.15, 0.2) is 212 Å². The highest BCUT2D eigenvalue weighted by atomic mass is 16.5. The molecule has 0 N–H and O–H groups in total. The molecular formula is C61H37BN2O2. The Hall–Kier alpha value is -8.54. The van der Waals surface area contributed by atoms with Crippen LogP contribution in [0.4, 0.5) is 0 Å². The first-order chi connectivity index (χ1) is 32.7. The highest BCUT2D eigenvalue weighted by Gasteiger charge is 2.40. The molecule has 0 atom stereocenters. The topological polar surface area (TPSA) is 28.3 Å².